The quantitative estimate of drug-likeness (QED) is 0.581. The van der Waals surface area contributed by atoms with Gasteiger partial charge in [0.1, 0.15) is 11.3 Å². The molecule has 1 unspecified atom stereocenters. The van der Waals surface area contributed by atoms with Crippen LogP contribution in [0.1, 0.15) is 34.6 Å². The Balaban J connectivity index is 2.88. The minimum absolute atomic E-state index is 0.0566. The van der Waals surface area contributed by atoms with Gasteiger partial charge in [-0.25, -0.2) is 4.79 Å². The largest absolute Gasteiger partial charge is 0.444 e. The summed E-state index contributed by atoms with van der Waals surface area (Å²) in [5, 5.41) is 0.257. The molecule has 0 saturated carbocycles. The second kappa shape index (κ2) is 6.26. The zero-order valence-corrected chi connectivity index (χ0v) is 14.2. The standard InChI is InChI=1S/C14H22BrNO4/c1-13(2,3)20-12(18)16-10(6-7-11(17)8-15)9-19-14(16,4)5/h6-7,10H,8-9H2,1-5H3/b7-6+. The van der Waals surface area contributed by atoms with Crippen molar-refractivity contribution in [2.75, 3.05) is 11.9 Å². The van der Waals surface area contributed by atoms with Crippen LogP contribution in [0.5, 0.6) is 0 Å². The van der Waals surface area contributed by atoms with E-state index >= 15 is 0 Å². The molecule has 0 aliphatic carbocycles. The molecule has 1 fully saturated rings. The average Bonchev–Trinajstić information content (AvgIpc) is 2.59. The van der Waals surface area contributed by atoms with Gasteiger partial charge in [0.25, 0.3) is 0 Å². The van der Waals surface area contributed by atoms with Crippen LogP contribution in [-0.2, 0) is 14.3 Å². The van der Waals surface area contributed by atoms with Crippen molar-refractivity contribution in [2.24, 2.45) is 0 Å². The van der Waals surface area contributed by atoms with E-state index in [4.69, 9.17) is 9.47 Å². The van der Waals surface area contributed by atoms with Crippen molar-refractivity contribution in [1.82, 2.24) is 4.90 Å². The molecule has 1 saturated heterocycles. The maximum atomic E-state index is 12.3. The first-order chi connectivity index (χ1) is 9.07. The molecule has 114 valence electrons. The Kier molecular flexibility index (Phi) is 5.38. The number of amides is 1. The van der Waals surface area contributed by atoms with Gasteiger partial charge in [-0.1, -0.05) is 22.0 Å². The Labute approximate surface area is 128 Å². The maximum Gasteiger partial charge on any atom is 0.413 e. The van der Waals surface area contributed by atoms with E-state index in [1.807, 2.05) is 20.8 Å². The van der Waals surface area contributed by atoms with Crippen molar-refractivity contribution in [2.45, 2.75) is 52.0 Å². The molecule has 0 aromatic carbocycles. The van der Waals surface area contributed by atoms with Crippen LogP contribution >= 0.6 is 15.9 Å². The number of alkyl halides is 1. The molecular formula is C14H22BrNO4. The van der Waals surface area contributed by atoms with E-state index in [-0.39, 0.29) is 17.2 Å². The molecule has 5 nitrogen and oxygen atoms in total. The minimum atomic E-state index is -0.755. The van der Waals surface area contributed by atoms with Crippen LogP contribution in [0.15, 0.2) is 12.2 Å². The van der Waals surface area contributed by atoms with Crippen molar-refractivity contribution < 1.29 is 19.1 Å². The monoisotopic (exact) mass is 347 g/mol. The minimum Gasteiger partial charge on any atom is -0.444 e. The summed E-state index contributed by atoms with van der Waals surface area (Å²) in [5.41, 5.74) is -1.33. The average molecular weight is 348 g/mol. The van der Waals surface area contributed by atoms with E-state index in [2.05, 4.69) is 15.9 Å². The van der Waals surface area contributed by atoms with E-state index in [1.54, 1.807) is 19.9 Å². The molecule has 1 atom stereocenters. The lowest BCUT2D eigenvalue weighted by Crippen LogP contribution is -2.49. The van der Waals surface area contributed by atoms with Gasteiger partial charge in [-0.3, -0.25) is 9.69 Å². The summed E-state index contributed by atoms with van der Waals surface area (Å²) < 4.78 is 11.0. The number of ketones is 1. The third-order valence-electron chi connectivity index (χ3n) is 2.75. The third-order valence-corrected chi connectivity index (χ3v) is 3.30. The van der Waals surface area contributed by atoms with Crippen LogP contribution in [-0.4, -0.2) is 46.1 Å². The predicted octanol–water partition coefficient (Wildman–Crippen LogP) is 2.88. The Morgan fingerprint density at radius 1 is 1.45 bits per heavy atom. The molecule has 0 radical (unpaired) electrons. The summed E-state index contributed by atoms with van der Waals surface area (Å²) in [6.45, 7) is 9.39. The molecule has 0 aromatic heterocycles. The second-order valence-corrected chi connectivity index (χ2v) is 6.70. The molecule has 1 heterocycles. The molecule has 0 spiro atoms. The van der Waals surface area contributed by atoms with Crippen molar-refractivity contribution >= 4 is 27.8 Å². The zero-order valence-electron chi connectivity index (χ0n) is 12.6. The van der Waals surface area contributed by atoms with Crippen LogP contribution in [0.4, 0.5) is 4.79 Å². The van der Waals surface area contributed by atoms with E-state index in [9.17, 15) is 9.59 Å². The molecule has 1 aliphatic rings. The lowest BCUT2D eigenvalue weighted by Gasteiger charge is -2.34. The Morgan fingerprint density at radius 2 is 2.05 bits per heavy atom. The molecule has 1 amide bonds. The number of rotatable bonds is 3. The highest BCUT2D eigenvalue weighted by molar-refractivity contribution is 9.09. The summed E-state index contributed by atoms with van der Waals surface area (Å²) in [6.07, 6.45) is 2.70. The molecule has 1 rings (SSSR count). The number of halogens is 1. The molecule has 20 heavy (non-hydrogen) atoms. The Bertz CT molecular complexity index is 412. The number of ether oxygens (including phenoxy) is 2. The fourth-order valence-electron chi connectivity index (χ4n) is 1.90. The first-order valence-electron chi connectivity index (χ1n) is 6.50. The van der Waals surface area contributed by atoms with E-state index in [0.29, 0.717) is 6.61 Å². The highest BCUT2D eigenvalue weighted by Crippen LogP contribution is 2.29. The van der Waals surface area contributed by atoms with Gasteiger partial charge in [0.15, 0.2) is 5.78 Å². The molecule has 6 heteroatoms. The summed E-state index contributed by atoms with van der Waals surface area (Å²) in [7, 11) is 0. The highest BCUT2D eigenvalue weighted by Gasteiger charge is 2.44. The Morgan fingerprint density at radius 3 is 2.55 bits per heavy atom. The number of carbonyl (C=O) groups is 2. The molecule has 0 N–H and O–H groups in total. The molecular weight excluding hydrogens is 326 g/mol. The van der Waals surface area contributed by atoms with E-state index in [1.165, 1.54) is 11.0 Å². The first-order valence-corrected chi connectivity index (χ1v) is 7.62. The van der Waals surface area contributed by atoms with Crippen molar-refractivity contribution in [3.05, 3.63) is 12.2 Å². The summed E-state index contributed by atoms with van der Waals surface area (Å²) >= 11 is 3.09. The molecule has 1 aliphatic heterocycles. The van der Waals surface area contributed by atoms with Crippen LogP contribution in [0.2, 0.25) is 0 Å². The predicted molar refractivity (Wildman–Crippen MR) is 79.8 cm³/mol. The maximum absolute atomic E-state index is 12.3. The fraction of sp³-hybridized carbons (Fsp3) is 0.714. The van der Waals surface area contributed by atoms with Crippen LogP contribution in [0, 0.1) is 0 Å². The molecule has 0 aromatic rings. The van der Waals surface area contributed by atoms with Crippen LogP contribution < -0.4 is 0 Å². The number of allylic oxidation sites excluding steroid dienone is 1. The lowest BCUT2D eigenvalue weighted by molar-refractivity contribution is -0.112. The van der Waals surface area contributed by atoms with Gasteiger partial charge < -0.3 is 9.47 Å². The van der Waals surface area contributed by atoms with Gasteiger partial charge >= 0.3 is 6.09 Å². The highest BCUT2D eigenvalue weighted by atomic mass is 79.9. The van der Waals surface area contributed by atoms with Gasteiger partial charge in [-0.15, -0.1) is 0 Å². The van der Waals surface area contributed by atoms with Crippen molar-refractivity contribution in [3.63, 3.8) is 0 Å². The van der Waals surface area contributed by atoms with Crippen LogP contribution in [0.25, 0.3) is 0 Å². The van der Waals surface area contributed by atoms with Gasteiger partial charge in [0, 0.05) is 0 Å². The summed E-state index contributed by atoms with van der Waals surface area (Å²) in [5.74, 6) is -0.0566. The van der Waals surface area contributed by atoms with Gasteiger partial charge in [-0.2, -0.15) is 0 Å². The molecule has 0 bridgehead atoms. The summed E-state index contributed by atoms with van der Waals surface area (Å²) in [6, 6.07) is -0.303. The number of hydrogen-bond acceptors (Lipinski definition) is 4. The number of carbonyl (C=O) groups excluding carboxylic acids is 2. The van der Waals surface area contributed by atoms with E-state index < -0.39 is 17.4 Å². The topological polar surface area (TPSA) is 55.8 Å². The van der Waals surface area contributed by atoms with Crippen LogP contribution in [0.3, 0.4) is 0 Å². The van der Waals surface area contributed by atoms with Gasteiger partial charge in [0.05, 0.1) is 18.0 Å². The smallest absolute Gasteiger partial charge is 0.413 e. The lowest BCUT2D eigenvalue weighted by atomic mass is 10.2. The first kappa shape index (κ1) is 17.2. The summed E-state index contributed by atoms with van der Waals surface area (Å²) in [4.78, 5) is 25.1. The Hall–Kier alpha value is -0.880. The van der Waals surface area contributed by atoms with Gasteiger partial charge in [0.2, 0.25) is 0 Å². The number of hydrogen-bond donors (Lipinski definition) is 0. The van der Waals surface area contributed by atoms with Crippen molar-refractivity contribution in [3.8, 4) is 0 Å². The SMILES string of the molecule is CC(C)(C)OC(=O)N1C(/C=C/C(=O)CBr)COC1(C)C. The van der Waals surface area contributed by atoms with Gasteiger partial charge in [-0.05, 0) is 40.7 Å². The fourth-order valence-corrected chi connectivity index (χ4v) is 2.09. The third kappa shape index (κ3) is 4.59. The number of nitrogens with zero attached hydrogens (tertiary/aromatic N) is 1. The normalized spacial score (nSPS) is 22.3. The second-order valence-electron chi connectivity index (χ2n) is 6.13. The van der Waals surface area contributed by atoms with E-state index in [0.717, 1.165) is 0 Å². The zero-order chi connectivity index (χ0) is 15.6. The van der Waals surface area contributed by atoms with Crippen molar-refractivity contribution in [1.29, 1.82) is 0 Å².